The van der Waals surface area contributed by atoms with Crippen LogP contribution in [-0.4, -0.2) is 28.7 Å². The second-order valence-corrected chi connectivity index (χ2v) is 13.4. The van der Waals surface area contributed by atoms with E-state index in [1.54, 1.807) is 28.9 Å². The van der Waals surface area contributed by atoms with E-state index < -0.39 is 12.0 Å². The first-order valence-electron chi connectivity index (χ1n) is 14.7. The molecule has 0 saturated carbocycles. The molecule has 11 heteroatoms. The van der Waals surface area contributed by atoms with Crippen LogP contribution in [0, 0.1) is 0 Å². The molecule has 0 aliphatic carbocycles. The van der Waals surface area contributed by atoms with Gasteiger partial charge in [0.2, 0.25) is 0 Å². The molecule has 1 aliphatic heterocycles. The zero-order chi connectivity index (χ0) is 31.6. The topological polar surface area (TPSA) is 95.9 Å². The molecule has 6 aromatic rings. The second-order valence-electron chi connectivity index (χ2n) is 10.1. The van der Waals surface area contributed by atoms with Crippen LogP contribution in [0.15, 0.2) is 120 Å². The molecule has 4 heterocycles. The summed E-state index contributed by atoms with van der Waals surface area (Å²) in [5.74, 6) is 0.832. The van der Waals surface area contributed by atoms with Gasteiger partial charge in [0, 0.05) is 11.6 Å². The van der Waals surface area contributed by atoms with E-state index in [0.29, 0.717) is 38.1 Å². The van der Waals surface area contributed by atoms with Crippen molar-refractivity contribution in [3.8, 4) is 5.75 Å². The SMILES string of the molecule is CCOC(=O)C1=C(c2ccccc2)N=c2s/c(=C\c3ccc(Sc4nc5ccc(OCC)cc5s4)o3)c(=O)n2[C@@H]1c1ccccc1. The highest BCUT2D eigenvalue weighted by molar-refractivity contribution is 8.01. The Kier molecular flexibility index (Phi) is 8.44. The first-order valence-corrected chi connectivity index (χ1v) is 17.1. The summed E-state index contributed by atoms with van der Waals surface area (Å²) in [5.41, 5.74) is 2.98. The molecule has 8 nitrogen and oxygen atoms in total. The predicted molar refractivity (Wildman–Crippen MR) is 181 cm³/mol. The van der Waals surface area contributed by atoms with Crippen LogP contribution in [0.4, 0.5) is 0 Å². The van der Waals surface area contributed by atoms with Crippen molar-refractivity contribution in [2.45, 2.75) is 29.3 Å². The van der Waals surface area contributed by atoms with Crippen molar-refractivity contribution in [1.82, 2.24) is 9.55 Å². The lowest BCUT2D eigenvalue weighted by atomic mass is 9.93. The maximum atomic E-state index is 14.1. The molecule has 0 N–H and O–H groups in total. The number of hydrogen-bond donors (Lipinski definition) is 0. The number of carbonyl (C=O) groups is 1. The Morgan fingerprint density at radius 3 is 2.52 bits per heavy atom. The quantitative estimate of drug-likeness (QED) is 0.159. The maximum absolute atomic E-state index is 14.1. The second kappa shape index (κ2) is 13.0. The largest absolute Gasteiger partial charge is 0.494 e. The van der Waals surface area contributed by atoms with Gasteiger partial charge in [-0.1, -0.05) is 72.0 Å². The minimum atomic E-state index is -0.723. The van der Waals surface area contributed by atoms with Gasteiger partial charge in [0.15, 0.2) is 14.2 Å². The van der Waals surface area contributed by atoms with Crippen LogP contribution in [0.1, 0.15) is 36.8 Å². The number of fused-ring (bicyclic) bond motifs is 2. The smallest absolute Gasteiger partial charge is 0.338 e. The lowest BCUT2D eigenvalue weighted by Crippen LogP contribution is -2.39. The molecule has 0 radical (unpaired) electrons. The number of benzene rings is 3. The van der Waals surface area contributed by atoms with Gasteiger partial charge in [0.25, 0.3) is 5.56 Å². The Morgan fingerprint density at radius 2 is 1.76 bits per heavy atom. The molecule has 230 valence electrons. The third kappa shape index (κ3) is 5.84. The summed E-state index contributed by atoms with van der Waals surface area (Å²) in [5, 5.41) is 0.654. The zero-order valence-electron chi connectivity index (χ0n) is 24.8. The zero-order valence-corrected chi connectivity index (χ0v) is 27.3. The molecular formula is C35H27N3O5S3. The fourth-order valence-electron chi connectivity index (χ4n) is 5.26. The van der Waals surface area contributed by atoms with Gasteiger partial charge in [0.1, 0.15) is 11.5 Å². The van der Waals surface area contributed by atoms with Gasteiger partial charge in [-0.05, 0) is 61.5 Å². The van der Waals surface area contributed by atoms with Gasteiger partial charge in [-0.25, -0.2) is 14.8 Å². The van der Waals surface area contributed by atoms with Crippen LogP contribution in [0.25, 0.3) is 22.0 Å². The molecule has 1 atom stereocenters. The normalized spacial score (nSPS) is 14.7. The van der Waals surface area contributed by atoms with E-state index in [-0.39, 0.29) is 12.2 Å². The number of rotatable bonds is 9. The number of hydrogen-bond acceptors (Lipinski definition) is 10. The lowest BCUT2D eigenvalue weighted by molar-refractivity contribution is -0.138. The van der Waals surface area contributed by atoms with Crippen molar-refractivity contribution in [3.63, 3.8) is 0 Å². The molecule has 0 bridgehead atoms. The van der Waals surface area contributed by atoms with Crippen molar-refractivity contribution in [3.05, 3.63) is 133 Å². The number of carbonyl (C=O) groups excluding carboxylic acids is 1. The fraction of sp³-hybridized carbons (Fsp3) is 0.143. The highest BCUT2D eigenvalue weighted by Crippen LogP contribution is 2.37. The highest BCUT2D eigenvalue weighted by Gasteiger charge is 2.35. The van der Waals surface area contributed by atoms with Crippen molar-refractivity contribution in [2.75, 3.05) is 13.2 Å². The third-order valence-corrected chi connectivity index (χ3v) is 10.2. The Balaban J connectivity index is 1.29. The number of esters is 1. The molecule has 7 rings (SSSR count). The molecule has 46 heavy (non-hydrogen) atoms. The molecule has 1 aliphatic rings. The molecule has 0 spiro atoms. The third-order valence-electron chi connectivity index (χ3n) is 7.20. The minimum Gasteiger partial charge on any atom is -0.494 e. The summed E-state index contributed by atoms with van der Waals surface area (Å²) in [6.07, 6.45) is 1.72. The van der Waals surface area contributed by atoms with Crippen molar-refractivity contribution < 1.29 is 18.7 Å². The molecule has 0 fully saturated rings. The summed E-state index contributed by atoms with van der Waals surface area (Å²) < 4.78 is 21.2. The standard InChI is InChI=1S/C35H27N3O5S3/c1-3-41-23-15-17-25-26(19-23)45-35(36-25)46-28-18-16-24(43-28)20-27-32(39)38-31(22-13-9-6-10-14-22)29(33(40)42-4-2)30(37-34(38)44-27)21-11-7-5-8-12-21/h5-20,31H,3-4H2,1-2H3/b27-20-/t31-/m1/s1. The van der Waals surface area contributed by atoms with Crippen molar-refractivity contribution in [1.29, 1.82) is 0 Å². The Morgan fingerprint density at radius 1 is 0.978 bits per heavy atom. The van der Waals surface area contributed by atoms with E-state index >= 15 is 0 Å². The number of furan rings is 1. The molecule has 0 unspecified atom stereocenters. The predicted octanol–water partition coefficient (Wildman–Crippen LogP) is 6.69. The summed E-state index contributed by atoms with van der Waals surface area (Å²) >= 11 is 4.24. The average Bonchev–Trinajstić information content (AvgIpc) is 3.78. The first kappa shape index (κ1) is 30.0. The number of ether oxygens (including phenoxy) is 2. The van der Waals surface area contributed by atoms with E-state index in [4.69, 9.17) is 23.9 Å². The van der Waals surface area contributed by atoms with Crippen LogP contribution < -0.4 is 19.6 Å². The highest BCUT2D eigenvalue weighted by atomic mass is 32.2. The summed E-state index contributed by atoms with van der Waals surface area (Å²) in [4.78, 5) is 37.7. The van der Waals surface area contributed by atoms with Crippen LogP contribution in [-0.2, 0) is 9.53 Å². The lowest BCUT2D eigenvalue weighted by Gasteiger charge is -2.25. The van der Waals surface area contributed by atoms with Crippen molar-refractivity contribution >= 4 is 62.4 Å². The van der Waals surface area contributed by atoms with Gasteiger partial charge < -0.3 is 13.9 Å². The molecule has 3 aromatic carbocycles. The molecule has 0 saturated heterocycles. The van der Waals surface area contributed by atoms with Gasteiger partial charge in [-0.15, -0.1) is 11.3 Å². The van der Waals surface area contributed by atoms with E-state index in [9.17, 15) is 9.59 Å². The van der Waals surface area contributed by atoms with E-state index in [2.05, 4.69) is 0 Å². The summed E-state index contributed by atoms with van der Waals surface area (Å²) in [6, 6.07) is 27.8. The first-order chi connectivity index (χ1) is 22.5. The average molecular weight is 666 g/mol. The Hall–Kier alpha value is -4.71. The fourth-order valence-corrected chi connectivity index (χ4v) is 8.24. The number of nitrogens with zero attached hydrogens (tertiary/aromatic N) is 3. The number of aromatic nitrogens is 2. The van der Waals surface area contributed by atoms with Crippen molar-refractivity contribution in [2.24, 2.45) is 4.99 Å². The van der Waals surface area contributed by atoms with Gasteiger partial charge in [-0.2, -0.15) is 0 Å². The number of thiazole rings is 2. The Labute approximate surface area is 276 Å². The van der Waals surface area contributed by atoms with Crippen LogP contribution in [0.2, 0.25) is 0 Å². The monoisotopic (exact) mass is 665 g/mol. The van der Waals surface area contributed by atoms with Gasteiger partial charge in [-0.3, -0.25) is 9.36 Å². The summed E-state index contributed by atoms with van der Waals surface area (Å²) in [6.45, 7) is 4.52. The molecule has 0 amide bonds. The summed E-state index contributed by atoms with van der Waals surface area (Å²) in [7, 11) is 0. The minimum absolute atomic E-state index is 0.195. The maximum Gasteiger partial charge on any atom is 0.338 e. The van der Waals surface area contributed by atoms with Gasteiger partial charge in [0.05, 0.1) is 45.3 Å². The van der Waals surface area contributed by atoms with Crippen LogP contribution in [0.5, 0.6) is 5.75 Å². The van der Waals surface area contributed by atoms with E-state index in [1.165, 1.54) is 23.1 Å². The van der Waals surface area contributed by atoms with Crippen LogP contribution >= 0.6 is 34.4 Å². The Bertz CT molecular complexity index is 2270. The van der Waals surface area contributed by atoms with Crippen LogP contribution in [0.3, 0.4) is 0 Å². The van der Waals surface area contributed by atoms with E-state index in [0.717, 1.165) is 31.4 Å². The van der Waals surface area contributed by atoms with E-state index in [1.807, 2.05) is 97.9 Å². The molecule has 3 aromatic heterocycles. The molecular weight excluding hydrogens is 639 g/mol. The van der Waals surface area contributed by atoms with Gasteiger partial charge >= 0.3 is 5.97 Å².